The molecular formula is C18H28ClN3O3. The number of carbonyl (C=O) groups is 2. The molecule has 2 aliphatic rings. The van der Waals surface area contributed by atoms with Crippen molar-refractivity contribution in [3.8, 4) is 0 Å². The van der Waals surface area contributed by atoms with E-state index in [2.05, 4.69) is 0 Å². The summed E-state index contributed by atoms with van der Waals surface area (Å²) in [4.78, 5) is 28.4. The second kappa shape index (κ2) is 9.25. The zero-order valence-corrected chi connectivity index (χ0v) is 15.4. The van der Waals surface area contributed by atoms with Crippen LogP contribution in [0.2, 0.25) is 0 Å². The fraction of sp³-hybridized carbons (Fsp3) is 0.667. The van der Waals surface area contributed by atoms with E-state index in [4.69, 9.17) is 10.2 Å². The summed E-state index contributed by atoms with van der Waals surface area (Å²) in [7, 11) is 0. The summed E-state index contributed by atoms with van der Waals surface area (Å²) in [5, 5.41) is 0. The fourth-order valence-corrected chi connectivity index (χ4v) is 3.73. The minimum absolute atomic E-state index is 0. The Kier molecular flexibility index (Phi) is 7.32. The van der Waals surface area contributed by atoms with Gasteiger partial charge in [0.05, 0.1) is 12.1 Å². The first-order valence-electron chi connectivity index (χ1n) is 9.02. The molecule has 0 unspecified atom stereocenters. The highest BCUT2D eigenvalue weighted by Crippen LogP contribution is 2.28. The summed E-state index contributed by atoms with van der Waals surface area (Å²) in [6, 6.07) is 1.70. The van der Waals surface area contributed by atoms with Crippen LogP contribution in [0.4, 0.5) is 0 Å². The predicted octanol–water partition coefficient (Wildman–Crippen LogP) is 2.41. The van der Waals surface area contributed by atoms with Crippen molar-refractivity contribution in [1.82, 2.24) is 9.80 Å². The third-order valence-electron chi connectivity index (χ3n) is 5.26. The summed E-state index contributed by atoms with van der Waals surface area (Å²) in [6.45, 7) is 2.69. The molecule has 2 amide bonds. The molecule has 1 saturated carbocycles. The summed E-state index contributed by atoms with van der Waals surface area (Å²) in [5.74, 6) is 1.55. The zero-order chi connectivity index (χ0) is 16.9. The molecule has 1 aromatic heterocycles. The van der Waals surface area contributed by atoms with Gasteiger partial charge in [0.15, 0.2) is 0 Å². The summed E-state index contributed by atoms with van der Waals surface area (Å²) in [5.41, 5.74) is 6.04. The number of amides is 2. The lowest BCUT2D eigenvalue weighted by Crippen LogP contribution is -2.50. The normalized spacial score (nSPS) is 18.3. The molecule has 2 heterocycles. The first-order valence-corrected chi connectivity index (χ1v) is 9.02. The zero-order valence-electron chi connectivity index (χ0n) is 14.6. The van der Waals surface area contributed by atoms with Gasteiger partial charge in [0.25, 0.3) is 5.91 Å². The first kappa shape index (κ1) is 19.8. The standard InChI is InChI=1S/C18H27N3O3.ClH/c19-12-16-11-15(13-24-16)18(23)21-9-7-20(8-10-21)17(22)6-5-14-3-1-2-4-14;/h11,13-14H,1-10,12,19H2;1H. The van der Waals surface area contributed by atoms with Gasteiger partial charge < -0.3 is 20.0 Å². The van der Waals surface area contributed by atoms with E-state index >= 15 is 0 Å². The summed E-state index contributed by atoms with van der Waals surface area (Å²) in [6.07, 6.45) is 8.34. The second-order valence-electron chi connectivity index (χ2n) is 6.87. The maximum Gasteiger partial charge on any atom is 0.257 e. The highest BCUT2D eigenvalue weighted by Gasteiger charge is 2.26. The number of hydrogen-bond acceptors (Lipinski definition) is 4. The molecule has 0 spiro atoms. The maximum absolute atomic E-state index is 12.4. The summed E-state index contributed by atoms with van der Waals surface area (Å²) < 4.78 is 5.23. The van der Waals surface area contributed by atoms with E-state index in [1.165, 1.54) is 31.9 Å². The number of rotatable bonds is 5. The lowest BCUT2D eigenvalue weighted by molar-refractivity contribution is -0.133. The molecule has 6 nitrogen and oxygen atoms in total. The van der Waals surface area contributed by atoms with Gasteiger partial charge in [0.2, 0.25) is 5.91 Å². The van der Waals surface area contributed by atoms with Crippen LogP contribution in [0, 0.1) is 5.92 Å². The fourth-order valence-electron chi connectivity index (χ4n) is 3.73. The topological polar surface area (TPSA) is 79.8 Å². The number of piperazine rings is 1. The van der Waals surface area contributed by atoms with Crippen LogP contribution in [0.25, 0.3) is 0 Å². The van der Waals surface area contributed by atoms with Crippen LogP contribution in [0.1, 0.15) is 54.6 Å². The molecule has 3 rings (SSSR count). The number of nitrogens with two attached hydrogens (primary N) is 1. The molecule has 25 heavy (non-hydrogen) atoms. The van der Waals surface area contributed by atoms with Gasteiger partial charge in [-0.3, -0.25) is 9.59 Å². The Balaban J connectivity index is 0.00000225. The average molecular weight is 370 g/mol. The lowest BCUT2D eigenvalue weighted by atomic mass is 10.0. The van der Waals surface area contributed by atoms with Crippen molar-refractivity contribution >= 4 is 24.2 Å². The van der Waals surface area contributed by atoms with Crippen molar-refractivity contribution in [3.63, 3.8) is 0 Å². The minimum Gasteiger partial charge on any atom is -0.467 e. The van der Waals surface area contributed by atoms with Crippen LogP contribution in [-0.2, 0) is 11.3 Å². The van der Waals surface area contributed by atoms with Gasteiger partial charge in [-0.25, -0.2) is 0 Å². The molecule has 0 atom stereocenters. The van der Waals surface area contributed by atoms with E-state index in [-0.39, 0.29) is 30.8 Å². The molecule has 1 aliphatic carbocycles. The number of hydrogen-bond donors (Lipinski definition) is 1. The molecule has 0 radical (unpaired) electrons. The SMILES string of the molecule is Cl.NCc1cc(C(=O)N2CCN(C(=O)CCC3CCCC3)CC2)co1. The van der Waals surface area contributed by atoms with Crippen LogP contribution in [0.5, 0.6) is 0 Å². The van der Waals surface area contributed by atoms with Gasteiger partial charge in [-0.1, -0.05) is 25.7 Å². The Bertz CT molecular complexity index is 576. The van der Waals surface area contributed by atoms with Gasteiger partial charge in [0.1, 0.15) is 12.0 Å². The molecule has 0 bridgehead atoms. The Hall–Kier alpha value is -1.53. The Morgan fingerprint density at radius 3 is 2.36 bits per heavy atom. The van der Waals surface area contributed by atoms with Gasteiger partial charge in [0, 0.05) is 32.6 Å². The van der Waals surface area contributed by atoms with Crippen molar-refractivity contribution in [1.29, 1.82) is 0 Å². The van der Waals surface area contributed by atoms with Crippen molar-refractivity contribution in [2.24, 2.45) is 11.7 Å². The van der Waals surface area contributed by atoms with Crippen molar-refractivity contribution < 1.29 is 14.0 Å². The monoisotopic (exact) mass is 369 g/mol. The van der Waals surface area contributed by atoms with Gasteiger partial charge >= 0.3 is 0 Å². The van der Waals surface area contributed by atoms with Crippen LogP contribution in [0.3, 0.4) is 0 Å². The van der Waals surface area contributed by atoms with Gasteiger partial charge in [-0.2, -0.15) is 0 Å². The third kappa shape index (κ3) is 4.98. The lowest BCUT2D eigenvalue weighted by Gasteiger charge is -2.34. The van der Waals surface area contributed by atoms with Crippen LogP contribution < -0.4 is 5.73 Å². The molecule has 2 N–H and O–H groups in total. The Morgan fingerprint density at radius 2 is 1.76 bits per heavy atom. The average Bonchev–Trinajstić information content (AvgIpc) is 3.30. The number of carbonyl (C=O) groups excluding carboxylic acids is 2. The Labute approximate surface area is 155 Å². The van der Waals surface area contributed by atoms with Crippen LogP contribution in [-0.4, -0.2) is 47.8 Å². The van der Waals surface area contributed by atoms with E-state index in [9.17, 15) is 9.59 Å². The van der Waals surface area contributed by atoms with E-state index in [0.717, 1.165) is 12.3 Å². The number of nitrogens with zero attached hydrogens (tertiary/aromatic N) is 2. The molecular weight excluding hydrogens is 342 g/mol. The maximum atomic E-state index is 12.4. The minimum atomic E-state index is -0.0449. The third-order valence-corrected chi connectivity index (χ3v) is 5.26. The molecule has 0 aromatic carbocycles. The van der Waals surface area contributed by atoms with Crippen LogP contribution >= 0.6 is 12.4 Å². The summed E-state index contributed by atoms with van der Waals surface area (Å²) >= 11 is 0. The Morgan fingerprint density at radius 1 is 1.12 bits per heavy atom. The first-order chi connectivity index (χ1) is 11.7. The van der Waals surface area contributed by atoms with Gasteiger partial charge in [-0.05, 0) is 18.4 Å². The smallest absolute Gasteiger partial charge is 0.257 e. The van der Waals surface area contributed by atoms with E-state index in [1.54, 1.807) is 11.0 Å². The molecule has 1 saturated heterocycles. The van der Waals surface area contributed by atoms with E-state index < -0.39 is 0 Å². The predicted molar refractivity (Wildman–Crippen MR) is 97.5 cm³/mol. The molecule has 140 valence electrons. The largest absolute Gasteiger partial charge is 0.467 e. The van der Waals surface area contributed by atoms with E-state index in [0.29, 0.717) is 43.9 Å². The highest BCUT2D eigenvalue weighted by atomic mass is 35.5. The number of furan rings is 1. The number of halogens is 1. The quantitative estimate of drug-likeness (QED) is 0.864. The molecule has 2 fully saturated rings. The second-order valence-corrected chi connectivity index (χ2v) is 6.87. The van der Waals surface area contributed by atoms with Crippen molar-refractivity contribution in [3.05, 3.63) is 23.7 Å². The van der Waals surface area contributed by atoms with Crippen LogP contribution in [0.15, 0.2) is 16.7 Å². The van der Waals surface area contributed by atoms with Gasteiger partial charge in [-0.15, -0.1) is 12.4 Å². The highest BCUT2D eigenvalue weighted by molar-refractivity contribution is 5.94. The molecule has 7 heteroatoms. The van der Waals surface area contributed by atoms with E-state index in [1.807, 2.05) is 4.90 Å². The molecule has 1 aromatic rings. The molecule has 1 aliphatic heterocycles. The van der Waals surface area contributed by atoms with Crippen molar-refractivity contribution in [2.75, 3.05) is 26.2 Å². The van der Waals surface area contributed by atoms with Crippen molar-refractivity contribution in [2.45, 2.75) is 45.1 Å².